The summed E-state index contributed by atoms with van der Waals surface area (Å²) in [6, 6.07) is 5.76. The van der Waals surface area contributed by atoms with Crippen LogP contribution in [-0.4, -0.2) is 27.8 Å². The van der Waals surface area contributed by atoms with Gasteiger partial charge in [-0.15, -0.1) is 0 Å². The topological polar surface area (TPSA) is 88.5 Å². The van der Waals surface area contributed by atoms with E-state index in [0.29, 0.717) is 10.4 Å². The van der Waals surface area contributed by atoms with E-state index >= 15 is 0 Å². The Balaban J connectivity index is 2.31. The van der Waals surface area contributed by atoms with Crippen molar-refractivity contribution in [2.75, 3.05) is 5.32 Å². The fourth-order valence-corrected chi connectivity index (χ4v) is 2.88. The van der Waals surface area contributed by atoms with Crippen LogP contribution in [0.3, 0.4) is 0 Å². The quantitative estimate of drug-likeness (QED) is 0.870. The number of rotatable bonds is 4. The van der Waals surface area contributed by atoms with Crippen LogP contribution in [0, 0.1) is 5.82 Å². The Morgan fingerprint density at radius 1 is 1.38 bits per heavy atom. The molecule has 2 aromatic rings. The van der Waals surface area contributed by atoms with Crippen LogP contribution < -0.4 is 5.32 Å². The summed E-state index contributed by atoms with van der Waals surface area (Å²) in [4.78, 5) is 27.5. The third-order valence-corrected chi connectivity index (χ3v) is 3.77. The Labute approximate surface area is 142 Å². The molecular weight excluding hydrogens is 335 g/mol. The van der Waals surface area contributed by atoms with Crippen LogP contribution in [0.2, 0.25) is 0 Å². The van der Waals surface area contributed by atoms with Crippen LogP contribution in [-0.2, 0) is 16.0 Å². The van der Waals surface area contributed by atoms with Crippen LogP contribution in [0.1, 0.15) is 26.5 Å². The largest absolute Gasteiger partial charge is 0.481 e. The minimum absolute atomic E-state index is 0.194. The number of nitrogens with zero attached hydrogens (tertiary/aromatic N) is 1. The number of halogens is 1. The molecule has 0 saturated carbocycles. The zero-order valence-corrected chi connectivity index (χ0v) is 14.2. The van der Waals surface area contributed by atoms with Gasteiger partial charge in [-0.2, -0.15) is 0 Å². The average molecular weight is 352 g/mol. The smallest absolute Gasteiger partial charge is 0.413 e. The number of nitrogens with one attached hydrogen (secondary N) is 1. The number of benzene rings is 1. The lowest BCUT2D eigenvalue weighted by atomic mass is 10.1. The molecule has 2 N–H and O–H groups in total. The first kappa shape index (κ1) is 17.9. The molecule has 0 spiro atoms. The van der Waals surface area contributed by atoms with Crippen molar-refractivity contribution in [3.8, 4) is 10.4 Å². The van der Waals surface area contributed by atoms with E-state index in [4.69, 9.17) is 9.84 Å². The van der Waals surface area contributed by atoms with E-state index in [0.717, 1.165) is 11.3 Å². The molecule has 2 rings (SSSR count). The van der Waals surface area contributed by atoms with Gasteiger partial charge in [0.15, 0.2) is 5.13 Å². The van der Waals surface area contributed by atoms with E-state index in [1.807, 2.05) is 0 Å². The summed E-state index contributed by atoms with van der Waals surface area (Å²) in [6.45, 7) is 5.17. The molecule has 1 heterocycles. The molecular formula is C16H17FN2O4S. The molecule has 0 aliphatic rings. The number of ether oxygens (including phenoxy) is 1. The van der Waals surface area contributed by atoms with Gasteiger partial charge in [0.1, 0.15) is 11.4 Å². The number of hydrogen-bond donors (Lipinski definition) is 2. The van der Waals surface area contributed by atoms with Gasteiger partial charge in [-0.05, 0) is 38.5 Å². The van der Waals surface area contributed by atoms with Gasteiger partial charge in [0, 0.05) is 0 Å². The molecule has 0 aliphatic heterocycles. The number of aromatic nitrogens is 1. The van der Waals surface area contributed by atoms with Gasteiger partial charge in [0.25, 0.3) is 0 Å². The molecule has 0 atom stereocenters. The van der Waals surface area contributed by atoms with Crippen LogP contribution in [0.5, 0.6) is 0 Å². The normalized spacial score (nSPS) is 11.2. The molecule has 8 heteroatoms. The first-order valence-electron chi connectivity index (χ1n) is 7.11. The van der Waals surface area contributed by atoms with Gasteiger partial charge in [-0.25, -0.2) is 14.2 Å². The Hall–Kier alpha value is -2.48. The Kier molecular flexibility index (Phi) is 5.18. The molecule has 0 radical (unpaired) electrons. The van der Waals surface area contributed by atoms with Crippen molar-refractivity contribution in [1.82, 2.24) is 4.98 Å². The first-order valence-corrected chi connectivity index (χ1v) is 7.93. The number of thiazole rings is 1. The molecule has 128 valence electrons. The minimum atomic E-state index is -1.07. The van der Waals surface area contributed by atoms with Gasteiger partial charge in [-0.1, -0.05) is 23.5 Å². The third kappa shape index (κ3) is 5.02. The second-order valence-electron chi connectivity index (χ2n) is 6.00. The molecule has 1 aromatic heterocycles. The standard InChI is InChI=1S/C16H17FN2O4S/c1-16(2,3)23-15(22)19-14-18-11(8-12(20)21)13(24-14)9-5-4-6-10(17)7-9/h4-7H,8H2,1-3H3,(H,20,21)(H,18,19,22). The second kappa shape index (κ2) is 6.96. The van der Waals surface area contributed by atoms with Crippen molar-refractivity contribution in [1.29, 1.82) is 0 Å². The maximum absolute atomic E-state index is 13.4. The van der Waals surface area contributed by atoms with Crippen LogP contribution in [0.4, 0.5) is 14.3 Å². The molecule has 0 aliphatic carbocycles. The van der Waals surface area contributed by atoms with Crippen LogP contribution >= 0.6 is 11.3 Å². The van der Waals surface area contributed by atoms with Crippen LogP contribution in [0.15, 0.2) is 24.3 Å². The van der Waals surface area contributed by atoms with Crippen molar-refractivity contribution in [3.05, 3.63) is 35.8 Å². The molecule has 0 fully saturated rings. The number of carbonyl (C=O) groups excluding carboxylic acids is 1. The number of carbonyl (C=O) groups is 2. The predicted octanol–water partition coefficient (Wildman–Crippen LogP) is 3.92. The number of amides is 1. The molecule has 1 aromatic carbocycles. The van der Waals surface area contributed by atoms with E-state index in [1.165, 1.54) is 18.2 Å². The lowest BCUT2D eigenvalue weighted by Gasteiger charge is -2.18. The van der Waals surface area contributed by atoms with E-state index in [1.54, 1.807) is 26.8 Å². The molecule has 6 nitrogen and oxygen atoms in total. The molecule has 24 heavy (non-hydrogen) atoms. The molecule has 0 saturated heterocycles. The van der Waals surface area contributed by atoms with Gasteiger partial charge >= 0.3 is 12.1 Å². The molecule has 1 amide bonds. The van der Waals surface area contributed by atoms with Gasteiger partial charge in [0.2, 0.25) is 0 Å². The highest BCUT2D eigenvalue weighted by molar-refractivity contribution is 7.19. The van der Waals surface area contributed by atoms with Gasteiger partial charge in [0.05, 0.1) is 17.0 Å². The van der Waals surface area contributed by atoms with Crippen molar-refractivity contribution >= 4 is 28.5 Å². The minimum Gasteiger partial charge on any atom is -0.481 e. The fourth-order valence-electron chi connectivity index (χ4n) is 1.91. The van der Waals surface area contributed by atoms with Gasteiger partial charge in [-0.3, -0.25) is 10.1 Å². The van der Waals surface area contributed by atoms with E-state index in [-0.39, 0.29) is 17.2 Å². The monoisotopic (exact) mass is 352 g/mol. The lowest BCUT2D eigenvalue weighted by molar-refractivity contribution is -0.136. The maximum Gasteiger partial charge on any atom is 0.413 e. The van der Waals surface area contributed by atoms with Crippen molar-refractivity contribution in [3.63, 3.8) is 0 Å². The van der Waals surface area contributed by atoms with E-state index < -0.39 is 23.5 Å². The van der Waals surface area contributed by atoms with Crippen molar-refractivity contribution < 1.29 is 23.8 Å². The molecule has 0 unspecified atom stereocenters. The zero-order chi connectivity index (χ0) is 17.9. The van der Waals surface area contributed by atoms with Crippen LogP contribution in [0.25, 0.3) is 10.4 Å². The van der Waals surface area contributed by atoms with Crippen molar-refractivity contribution in [2.45, 2.75) is 32.8 Å². The SMILES string of the molecule is CC(C)(C)OC(=O)Nc1nc(CC(=O)O)c(-c2cccc(F)c2)s1. The predicted molar refractivity (Wildman–Crippen MR) is 88.7 cm³/mol. The first-order chi connectivity index (χ1) is 11.1. The fraction of sp³-hybridized carbons (Fsp3) is 0.312. The Morgan fingerprint density at radius 3 is 2.67 bits per heavy atom. The summed E-state index contributed by atoms with van der Waals surface area (Å²) in [5.41, 5.74) is 0.0848. The number of anilines is 1. The average Bonchev–Trinajstić information content (AvgIpc) is 2.78. The maximum atomic E-state index is 13.4. The summed E-state index contributed by atoms with van der Waals surface area (Å²) >= 11 is 1.06. The number of hydrogen-bond acceptors (Lipinski definition) is 5. The highest BCUT2D eigenvalue weighted by Crippen LogP contribution is 2.34. The number of carboxylic acids is 1. The van der Waals surface area contributed by atoms with Gasteiger partial charge < -0.3 is 9.84 Å². The van der Waals surface area contributed by atoms with E-state index in [9.17, 15) is 14.0 Å². The summed E-state index contributed by atoms with van der Waals surface area (Å²) in [6.07, 6.45) is -1.03. The van der Waals surface area contributed by atoms with Crippen molar-refractivity contribution in [2.24, 2.45) is 0 Å². The highest BCUT2D eigenvalue weighted by Gasteiger charge is 2.20. The lowest BCUT2D eigenvalue weighted by Crippen LogP contribution is -2.27. The number of aliphatic carboxylic acids is 1. The summed E-state index contributed by atoms with van der Waals surface area (Å²) < 4.78 is 18.6. The summed E-state index contributed by atoms with van der Waals surface area (Å²) in [5.74, 6) is -1.51. The second-order valence-corrected chi connectivity index (χ2v) is 7.00. The Bertz CT molecular complexity index is 768. The third-order valence-electron chi connectivity index (χ3n) is 2.71. The summed E-state index contributed by atoms with van der Waals surface area (Å²) in [7, 11) is 0. The molecule has 0 bridgehead atoms. The number of carboxylic acid groups (broad SMARTS) is 1. The highest BCUT2D eigenvalue weighted by atomic mass is 32.1. The Morgan fingerprint density at radius 2 is 2.08 bits per heavy atom. The summed E-state index contributed by atoms with van der Waals surface area (Å²) in [5, 5.41) is 11.7. The zero-order valence-electron chi connectivity index (χ0n) is 13.4. The van der Waals surface area contributed by atoms with E-state index in [2.05, 4.69) is 10.3 Å².